The largest absolute Gasteiger partial charge is 0.495 e. The molecule has 0 bridgehead atoms. The molecule has 1 unspecified atom stereocenters. The number of nitrogen functional groups attached to an aromatic ring is 1. The lowest BCUT2D eigenvalue weighted by Gasteiger charge is -2.31. The van der Waals surface area contributed by atoms with Crippen molar-refractivity contribution in [2.45, 2.75) is 6.17 Å². The maximum absolute atomic E-state index is 6.47. The molecule has 0 aromatic heterocycles. The second-order valence-corrected chi connectivity index (χ2v) is 5.78. The van der Waals surface area contributed by atoms with Crippen LogP contribution < -0.4 is 21.1 Å². The van der Waals surface area contributed by atoms with E-state index in [0.717, 1.165) is 22.3 Å². The Kier molecular flexibility index (Phi) is 3.36. The average Bonchev–Trinajstić information content (AvgIpc) is 2.62. The zero-order valence-corrected chi connectivity index (χ0v) is 13.3. The molecule has 0 saturated carbocycles. The van der Waals surface area contributed by atoms with Crippen LogP contribution in [0.4, 0.5) is 17.1 Å². The summed E-state index contributed by atoms with van der Waals surface area (Å²) in [6, 6.07) is 18.1. The summed E-state index contributed by atoms with van der Waals surface area (Å²) < 4.78 is 5.25. The number of rotatable bonds is 2. The molecule has 0 amide bonds. The summed E-state index contributed by atoms with van der Waals surface area (Å²) in [6.07, 6.45) is 1.40. The molecule has 3 aromatic carbocycles. The van der Waals surface area contributed by atoms with E-state index in [1.54, 1.807) is 13.4 Å². The molecule has 0 aliphatic carbocycles. The number of hydrogen-bond acceptors (Lipinski definition) is 5. The lowest BCUT2D eigenvalue weighted by molar-refractivity contribution is 0.417. The van der Waals surface area contributed by atoms with Crippen LogP contribution >= 0.6 is 0 Å². The van der Waals surface area contributed by atoms with Gasteiger partial charge in [0.25, 0.3) is 0 Å². The van der Waals surface area contributed by atoms with Crippen LogP contribution in [0, 0.1) is 0 Å². The fourth-order valence-electron chi connectivity index (χ4n) is 3.04. The Balaban J connectivity index is 1.77. The fourth-order valence-corrected chi connectivity index (χ4v) is 3.04. The Morgan fingerprint density at radius 3 is 2.62 bits per heavy atom. The molecule has 4 rings (SSSR count). The van der Waals surface area contributed by atoms with E-state index in [4.69, 9.17) is 16.2 Å². The van der Waals surface area contributed by atoms with Crippen LogP contribution in [0.25, 0.3) is 10.8 Å². The predicted molar refractivity (Wildman–Crippen MR) is 98.9 cm³/mol. The van der Waals surface area contributed by atoms with E-state index < -0.39 is 0 Å². The van der Waals surface area contributed by atoms with Gasteiger partial charge in [0.15, 0.2) is 0 Å². The summed E-state index contributed by atoms with van der Waals surface area (Å²) in [4.78, 5) is 6.46. The smallest absolute Gasteiger partial charge is 0.143 e. The third-order valence-corrected chi connectivity index (χ3v) is 4.35. The molecule has 24 heavy (non-hydrogen) atoms. The van der Waals surface area contributed by atoms with Crippen LogP contribution in [-0.2, 0) is 0 Å². The van der Waals surface area contributed by atoms with Crippen LogP contribution in [0.3, 0.4) is 0 Å². The molecule has 1 aliphatic rings. The maximum Gasteiger partial charge on any atom is 0.143 e. The second-order valence-electron chi connectivity index (χ2n) is 5.78. The van der Waals surface area contributed by atoms with Crippen molar-refractivity contribution in [2.24, 2.45) is 10.7 Å². The third kappa shape index (κ3) is 2.26. The van der Waals surface area contributed by atoms with Gasteiger partial charge in [0.1, 0.15) is 11.9 Å². The van der Waals surface area contributed by atoms with E-state index in [2.05, 4.69) is 29.3 Å². The summed E-state index contributed by atoms with van der Waals surface area (Å²) in [5.74, 6) is 0.609. The maximum atomic E-state index is 6.47. The minimum atomic E-state index is -0.355. The zero-order valence-electron chi connectivity index (χ0n) is 13.3. The number of anilines is 2. The number of nitrogens with two attached hydrogens (primary N) is 2. The van der Waals surface area contributed by atoms with Crippen molar-refractivity contribution in [1.82, 2.24) is 0 Å². The molecular weight excluding hydrogens is 300 g/mol. The SMILES string of the molecule is COc1cc2c(cc1N)C(N)N(c1ccc3ccccc3c1)C=N2. The van der Waals surface area contributed by atoms with Crippen LogP contribution in [0.2, 0.25) is 0 Å². The Labute approximate surface area is 140 Å². The summed E-state index contributed by atoms with van der Waals surface area (Å²) >= 11 is 0. The normalized spacial score (nSPS) is 16.2. The minimum Gasteiger partial charge on any atom is -0.495 e. The summed E-state index contributed by atoms with van der Waals surface area (Å²) in [5, 5.41) is 2.36. The molecule has 1 atom stereocenters. The minimum absolute atomic E-state index is 0.355. The van der Waals surface area contributed by atoms with Crippen molar-refractivity contribution in [1.29, 1.82) is 0 Å². The van der Waals surface area contributed by atoms with Crippen LogP contribution in [0.15, 0.2) is 59.6 Å². The molecule has 5 nitrogen and oxygen atoms in total. The first-order chi connectivity index (χ1) is 11.7. The average molecular weight is 318 g/mol. The predicted octanol–water partition coefficient (Wildman–Crippen LogP) is 3.57. The number of hydrogen-bond donors (Lipinski definition) is 2. The summed E-state index contributed by atoms with van der Waals surface area (Å²) in [7, 11) is 1.59. The highest BCUT2D eigenvalue weighted by molar-refractivity contribution is 5.92. The van der Waals surface area contributed by atoms with Crippen molar-refractivity contribution in [2.75, 3.05) is 17.7 Å². The molecule has 0 fully saturated rings. The van der Waals surface area contributed by atoms with Gasteiger partial charge in [-0.05, 0) is 29.0 Å². The van der Waals surface area contributed by atoms with Crippen molar-refractivity contribution < 1.29 is 4.74 Å². The molecule has 0 saturated heterocycles. The highest BCUT2D eigenvalue weighted by Gasteiger charge is 2.24. The second kappa shape index (κ2) is 5.54. The lowest BCUT2D eigenvalue weighted by Crippen LogP contribution is -2.35. The van der Waals surface area contributed by atoms with Crippen molar-refractivity contribution in [3.63, 3.8) is 0 Å². The van der Waals surface area contributed by atoms with Gasteiger partial charge in [-0.3, -0.25) is 0 Å². The number of methoxy groups -OCH3 is 1. The Bertz CT molecular complexity index is 951. The molecule has 1 heterocycles. The van der Waals surface area contributed by atoms with E-state index in [1.807, 2.05) is 35.2 Å². The standard InChI is InChI=1S/C19H18N4O/c1-24-18-10-17-15(9-16(18)20)19(21)23(11-22-17)14-7-6-12-4-2-3-5-13(12)8-14/h2-11,19H,20-21H2,1H3. The van der Waals surface area contributed by atoms with E-state index in [-0.39, 0.29) is 6.17 Å². The molecule has 0 radical (unpaired) electrons. The van der Waals surface area contributed by atoms with Crippen molar-refractivity contribution in [3.8, 4) is 5.75 Å². The first kappa shape index (κ1) is 14.5. The molecule has 3 aromatic rings. The molecule has 4 N–H and O–H groups in total. The van der Waals surface area contributed by atoms with Gasteiger partial charge in [0, 0.05) is 17.3 Å². The van der Waals surface area contributed by atoms with Gasteiger partial charge >= 0.3 is 0 Å². The fraction of sp³-hybridized carbons (Fsp3) is 0.105. The van der Waals surface area contributed by atoms with Gasteiger partial charge in [-0.25, -0.2) is 4.99 Å². The van der Waals surface area contributed by atoms with Crippen LogP contribution in [0.1, 0.15) is 11.7 Å². The van der Waals surface area contributed by atoms with Gasteiger partial charge < -0.3 is 21.1 Å². The number of benzene rings is 3. The summed E-state index contributed by atoms with van der Waals surface area (Å²) in [6.45, 7) is 0. The van der Waals surface area contributed by atoms with Crippen molar-refractivity contribution >= 4 is 34.2 Å². The lowest BCUT2D eigenvalue weighted by atomic mass is 10.0. The van der Waals surface area contributed by atoms with E-state index in [0.29, 0.717) is 11.4 Å². The molecule has 120 valence electrons. The Morgan fingerprint density at radius 1 is 1.04 bits per heavy atom. The quantitative estimate of drug-likeness (QED) is 0.708. The molecular formula is C19H18N4O. The van der Waals surface area contributed by atoms with Crippen LogP contribution in [0.5, 0.6) is 5.75 Å². The number of aliphatic imine (C=N–C) groups is 1. The molecule has 0 spiro atoms. The highest BCUT2D eigenvalue weighted by Crippen LogP contribution is 2.38. The van der Waals surface area contributed by atoms with E-state index in [9.17, 15) is 0 Å². The third-order valence-electron chi connectivity index (χ3n) is 4.35. The number of ether oxygens (including phenoxy) is 1. The Morgan fingerprint density at radius 2 is 1.83 bits per heavy atom. The Hall–Kier alpha value is -3.05. The molecule has 5 heteroatoms. The van der Waals surface area contributed by atoms with Gasteiger partial charge in [-0.1, -0.05) is 30.3 Å². The first-order valence-electron chi connectivity index (χ1n) is 7.71. The van der Waals surface area contributed by atoms with Crippen molar-refractivity contribution in [3.05, 3.63) is 60.2 Å². The van der Waals surface area contributed by atoms with Gasteiger partial charge in [-0.2, -0.15) is 0 Å². The topological polar surface area (TPSA) is 76.9 Å². The van der Waals surface area contributed by atoms with Crippen LogP contribution in [-0.4, -0.2) is 13.4 Å². The van der Waals surface area contributed by atoms with E-state index >= 15 is 0 Å². The van der Waals surface area contributed by atoms with E-state index in [1.165, 1.54) is 5.39 Å². The highest BCUT2D eigenvalue weighted by atomic mass is 16.5. The van der Waals surface area contributed by atoms with Gasteiger partial charge in [0.05, 0.1) is 24.8 Å². The first-order valence-corrected chi connectivity index (χ1v) is 7.71. The monoisotopic (exact) mass is 318 g/mol. The van der Waals surface area contributed by atoms with Gasteiger partial charge in [-0.15, -0.1) is 0 Å². The van der Waals surface area contributed by atoms with Gasteiger partial charge in [0.2, 0.25) is 0 Å². The number of nitrogens with zero attached hydrogens (tertiary/aromatic N) is 2. The molecule has 1 aliphatic heterocycles. The number of fused-ring (bicyclic) bond motifs is 2. The summed E-state index contributed by atoms with van der Waals surface area (Å²) in [5.41, 5.74) is 15.7. The zero-order chi connectivity index (χ0) is 16.7.